The average Bonchev–Trinajstić information content (AvgIpc) is 2.46. The van der Waals surface area contributed by atoms with Crippen molar-refractivity contribution in [2.45, 2.75) is 19.5 Å². The molecule has 21 heavy (non-hydrogen) atoms. The Balaban J connectivity index is 2.29. The van der Waals surface area contributed by atoms with Gasteiger partial charge in [0, 0.05) is 18.3 Å². The van der Waals surface area contributed by atoms with Gasteiger partial charge in [0.1, 0.15) is 5.82 Å². The summed E-state index contributed by atoms with van der Waals surface area (Å²) in [5.41, 5.74) is -0.125. The van der Waals surface area contributed by atoms with Gasteiger partial charge in [0.15, 0.2) is 5.82 Å². The van der Waals surface area contributed by atoms with E-state index in [1.54, 1.807) is 6.20 Å². The number of nitrogens with zero attached hydrogens (tertiary/aromatic N) is 2. The highest BCUT2D eigenvalue weighted by atomic mass is 127. The molecule has 0 unspecified atom stereocenters. The first-order valence-electron chi connectivity index (χ1n) is 6.36. The largest absolute Gasteiger partial charge is 0.416 e. The van der Waals surface area contributed by atoms with Crippen LogP contribution in [0.25, 0.3) is 11.4 Å². The minimum absolute atomic E-state index is 0.405. The first kappa shape index (κ1) is 16.0. The van der Waals surface area contributed by atoms with Crippen LogP contribution in [0.15, 0.2) is 30.5 Å². The van der Waals surface area contributed by atoms with E-state index < -0.39 is 11.7 Å². The fourth-order valence-electron chi connectivity index (χ4n) is 1.68. The Kier molecular flexibility index (Phi) is 5.02. The average molecular weight is 407 g/mol. The zero-order chi connectivity index (χ0) is 15.5. The Hall–Kier alpha value is -1.38. The zero-order valence-corrected chi connectivity index (χ0v) is 13.4. The lowest BCUT2D eigenvalue weighted by atomic mass is 10.1. The van der Waals surface area contributed by atoms with Gasteiger partial charge in [-0.25, -0.2) is 9.97 Å². The van der Waals surface area contributed by atoms with Gasteiger partial charge in [-0.2, -0.15) is 13.2 Å². The number of rotatable bonds is 4. The standard InChI is InChI=1S/C14H13F3IN3/c1-2-7-19-13-11(18)8-20-12(21-13)9-3-5-10(6-4-9)14(15,16)17/h3-6,8H,2,7H2,1H3,(H,19,20,21). The number of benzene rings is 1. The molecule has 3 nitrogen and oxygen atoms in total. The summed E-state index contributed by atoms with van der Waals surface area (Å²) < 4.78 is 38.5. The Morgan fingerprint density at radius 1 is 1.19 bits per heavy atom. The van der Waals surface area contributed by atoms with Crippen LogP contribution >= 0.6 is 22.6 Å². The highest BCUT2D eigenvalue weighted by Gasteiger charge is 2.30. The number of nitrogens with one attached hydrogen (secondary N) is 1. The summed E-state index contributed by atoms with van der Waals surface area (Å²) in [6.07, 6.45) is -1.73. The van der Waals surface area contributed by atoms with E-state index in [1.807, 2.05) is 6.92 Å². The molecule has 1 N–H and O–H groups in total. The van der Waals surface area contributed by atoms with Crippen molar-refractivity contribution in [1.82, 2.24) is 9.97 Å². The molecule has 2 aromatic rings. The molecular formula is C14H13F3IN3. The van der Waals surface area contributed by atoms with Crippen molar-refractivity contribution >= 4 is 28.4 Å². The van der Waals surface area contributed by atoms with E-state index in [4.69, 9.17) is 0 Å². The van der Waals surface area contributed by atoms with Crippen LogP contribution in [0.5, 0.6) is 0 Å². The summed E-state index contributed by atoms with van der Waals surface area (Å²) in [7, 11) is 0. The Morgan fingerprint density at radius 3 is 2.43 bits per heavy atom. The maximum atomic E-state index is 12.5. The molecule has 0 fully saturated rings. The van der Waals surface area contributed by atoms with Crippen molar-refractivity contribution in [2.75, 3.05) is 11.9 Å². The van der Waals surface area contributed by atoms with E-state index in [9.17, 15) is 13.2 Å². The van der Waals surface area contributed by atoms with E-state index >= 15 is 0 Å². The van der Waals surface area contributed by atoms with Crippen molar-refractivity contribution in [2.24, 2.45) is 0 Å². The minimum atomic E-state index is -4.33. The number of halogens is 4. The van der Waals surface area contributed by atoms with Gasteiger partial charge in [-0.3, -0.25) is 0 Å². The Bertz CT molecular complexity index is 612. The van der Waals surface area contributed by atoms with Crippen LogP contribution < -0.4 is 5.32 Å². The summed E-state index contributed by atoms with van der Waals surface area (Å²) in [6.45, 7) is 2.82. The smallest absolute Gasteiger partial charge is 0.369 e. The second kappa shape index (κ2) is 6.59. The third-order valence-electron chi connectivity index (χ3n) is 2.76. The van der Waals surface area contributed by atoms with Gasteiger partial charge < -0.3 is 5.32 Å². The van der Waals surface area contributed by atoms with Crippen molar-refractivity contribution in [3.05, 3.63) is 39.6 Å². The van der Waals surface area contributed by atoms with Crippen LogP contribution in [0.4, 0.5) is 19.0 Å². The molecule has 0 radical (unpaired) electrons. The summed E-state index contributed by atoms with van der Waals surface area (Å²) in [5, 5.41) is 3.17. The molecule has 0 amide bonds. The molecule has 1 aromatic carbocycles. The molecule has 1 heterocycles. The maximum absolute atomic E-state index is 12.5. The first-order chi connectivity index (χ1) is 9.91. The molecule has 0 saturated heterocycles. The molecule has 7 heteroatoms. The van der Waals surface area contributed by atoms with Crippen LogP contribution in [0.2, 0.25) is 0 Å². The van der Waals surface area contributed by atoms with E-state index in [2.05, 4.69) is 37.9 Å². The van der Waals surface area contributed by atoms with Gasteiger partial charge in [-0.05, 0) is 41.1 Å². The predicted molar refractivity (Wildman–Crippen MR) is 84.0 cm³/mol. The van der Waals surface area contributed by atoms with Crippen molar-refractivity contribution < 1.29 is 13.2 Å². The molecular weight excluding hydrogens is 394 g/mol. The molecule has 2 rings (SSSR count). The molecule has 0 spiro atoms. The number of alkyl halides is 3. The highest BCUT2D eigenvalue weighted by molar-refractivity contribution is 14.1. The van der Waals surface area contributed by atoms with E-state index in [-0.39, 0.29) is 0 Å². The van der Waals surface area contributed by atoms with Crippen LogP contribution in [-0.2, 0) is 6.18 Å². The summed E-state index contributed by atoms with van der Waals surface area (Å²) in [6, 6.07) is 4.84. The van der Waals surface area contributed by atoms with Gasteiger partial charge in [0.05, 0.1) is 9.13 Å². The van der Waals surface area contributed by atoms with Crippen molar-refractivity contribution in [3.63, 3.8) is 0 Å². The van der Waals surface area contributed by atoms with E-state index in [0.717, 1.165) is 28.7 Å². The minimum Gasteiger partial charge on any atom is -0.369 e. The number of hydrogen-bond acceptors (Lipinski definition) is 3. The Labute approximate surface area is 134 Å². The van der Waals surface area contributed by atoms with Crippen LogP contribution in [0.1, 0.15) is 18.9 Å². The quantitative estimate of drug-likeness (QED) is 0.754. The fourth-order valence-corrected chi connectivity index (χ4v) is 2.13. The van der Waals surface area contributed by atoms with E-state index in [1.165, 1.54) is 12.1 Å². The zero-order valence-electron chi connectivity index (χ0n) is 11.2. The Morgan fingerprint density at radius 2 is 1.86 bits per heavy atom. The molecule has 0 aliphatic heterocycles. The van der Waals surface area contributed by atoms with Gasteiger partial charge in [-0.15, -0.1) is 0 Å². The lowest BCUT2D eigenvalue weighted by Crippen LogP contribution is -2.06. The molecule has 0 atom stereocenters. The summed E-state index contributed by atoms with van der Waals surface area (Å²) >= 11 is 2.12. The monoisotopic (exact) mass is 407 g/mol. The molecule has 0 aliphatic rings. The van der Waals surface area contributed by atoms with Crippen LogP contribution in [-0.4, -0.2) is 16.5 Å². The summed E-state index contributed by atoms with van der Waals surface area (Å²) in [5.74, 6) is 1.10. The summed E-state index contributed by atoms with van der Waals surface area (Å²) in [4.78, 5) is 8.53. The number of anilines is 1. The number of hydrogen-bond donors (Lipinski definition) is 1. The molecule has 1 aromatic heterocycles. The second-order valence-corrected chi connectivity index (χ2v) is 5.55. The predicted octanol–water partition coefficient (Wildman–Crippen LogP) is 4.59. The number of aromatic nitrogens is 2. The van der Waals surface area contributed by atoms with Crippen LogP contribution in [0.3, 0.4) is 0 Å². The second-order valence-electron chi connectivity index (χ2n) is 4.39. The molecule has 0 aliphatic carbocycles. The van der Waals surface area contributed by atoms with E-state index in [0.29, 0.717) is 17.2 Å². The van der Waals surface area contributed by atoms with Crippen LogP contribution in [0, 0.1) is 3.57 Å². The van der Waals surface area contributed by atoms with Gasteiger partial charge >= 0.3 is 6.18 Å². The van der Waals surface area contributed by atoms with Gasteiger partial charge in [0.25, 0.3) is 0 Å². The van der Waals surface area contributed by atoms with Crippen molar-refractivity contribution in [3.8, 4) is 11.4 Å². The lowest BCUT2D eigenvalue weighted by molar-refractivity contribution is -0.137. The third kappa shape index (κ3) is 4.05. The lowest BCUT2D eigenvalue weighted by Gasteiger charge is -2.09. The van der Waals surface area contributed by atoms with Gasteiger partial charge in [0.2, 0.25) is 0 Å². The highest BCUT2D eigenvalue weighted by Crippen LogP contribution is 2.30. The molecule has 0 saturated carbocycles. The first-order valence-corrected chi connectivity index (χ1v) is 7.43. The topological polar surface area (TPSA) is 37.8 Å². The normalized spacial score (nSPS) is 11.5. The molecule has 0 bridgehead atoms. The van der Waals surface area contributed by atoms with Crippen molar-refractivity contribution in [1.29, 1.82) is 0 Å². The fraction of sp³-hybridized carbons (Fsp3) is 0.286. The SMILES string of the molecule is CCCNc1nc(-c2ccc(C(F)(F)F)cc2)ncc1I. The molecule has 112 valence electrons. The van der Waals surface area contributed by atoms with Gasteiger partial charge in [-0.1, -0.05) is 19.1 Å². The third-order valence-corrected chi connectivity index (χ3v) is 3.55. The maximum Gasteiger partial charge on any atom is 0.416 e.